The molecule has 0 amide bonds. The van der Waals surface area contributed by atoms with E-state index in [1.54, 1.807) is 0 Å². The SMILES string of the molecule is N#C[S-].O=[N+]([O-])[O-].[Pt+2]. The molecule has 0 aliphatic rings. The molecule has 0 rings (SSSR count). The zero-order valence-corrected chi connectivity index (χ0v) is 6.43. The summed E-state index contributed by atoms with van der Waals surface area (Å²) in [6.07, 6.45) is 0. The fourth-order valence-electron chi connectivity index (χ4n) is 0. The second-order valence-electron chi connectivity index (χ2n) is 0.315. The number of thiocyanates is 1. The first-order valence-corrected chi connectivity index (χ1v) is 1.38. The van der Waals surface area contributed by atoms with Crippen LogP contribution in [0.4, 0.5) is 0 Å². The third-order valence-electron chi connectivity index (χ3n) is 0. The van der Waals surface area contributed by atoms with Crippen molar-refractivity contribution in [2.45, 2.75) is 0 Å². The Hall–Kier alpha value is -0.402. The average Bonchev–Trinajstić information content (AvgIpc) is 1.33. The Morgan fingerprint density at radius 1 is 1.62 bits per heavy atom. The van der Waals surface area contributed by atoms with Crippen LogP contribution in [0.5, 0.6) is 0 Å². The summed E-state index contributed by atoms with van der Waals surface area (Å²) in [5.41, 5.74) is 0. The van der Waals surface area contributed by atoms with E-state index in [0.717, 1.165) is 0 Å². The van der Waals surface area contributed by atoms with Crippen LogP contribution in [0.25, 0.3) is 0 Å². The normalized spacial score (nSPS) is 3.88. The van der Waals surface area contributed by atoms with Gasteiger partial charge >= 0.3 is 21.1 Å². The van der Waals surface area contributed by atoms with Crippen molar-refractivity contribution in [2.75, 3.05) is 0 Å². The van der Waals surface area contributed by atoms with E-state index < -0.39 is 5.09 Å². The number of nitrogens with zero attached hydrogens (tertiary/aromatic N) is 2. The smallest absolute Gasteiger partial charge is 0.696 e. The molecular weight excluding hydrogens is 315 g/mol. The molecule has 0 saturated heterocycles. The number of rotatable bonds is 0. The molecule has 0 aromatic rings. The van der Waals surface area contributed by atoms with E-state index in [2.05, 4.69) is 12.6 Å². The van der Waals surface area contributed by atoms with E-state index in [9.17, 15) is 0 Å². The number of hydrogen-bond donors (Lipinski definition) is 0. The third kappa shape index (κ3) is 734. The molecule has 0 N–H and O–H groups in total. The van der Waals surface area contributed by atoms with Gasteiger partial charge in [-0.15, -0.1) is 0 Å². The fraction of sp³-hybridized carbons (Fsp3) is 0. The number of hydrogen-bond acceptors (Lipinski definition) is 5. The van der Waals surface area contributed by atoms with Crippen molar-refractivity contribution in [3.8, 4) is 5.40 Å². The second kappa shape index (κ2) is 16.0. The molecule has 0 aliphatic carbocycles. The molecule has 0 spiro atoms. The van der Waals surface area contributed by atoms with Crippen LogP contribution in [0.1, 0.15) is 0 Å². The van der Waals surface area contributed by atoms with Crippen molar-refractivity contribution >= 4 is 12.6 Å². The molecule has 8 heavy (non-hydrogen) atoms. The Kier molecular flexibility index (Phi) is 31.2. The summed E-state index contributed by atoms with van der Waals surface area (Å²) in [6, 6.07) is 0. The van der Waals surface area contributed by atoms with Crippen LogP contribution in [0, 0.1) is 26.0 Å². The molecule has 0 radical (unpaired) electrons. The van der Waals surface area contributed by atoms with Gasteiger partial charge in [-0.05, 0) is 0 Å². The van der Waals surface area contributed by atoms with Crippen LogP contribution in [0.3, 0.4) is 0 Å². The molecule has 5 nitrogen and oxygen atoms in total. The Morgan fingerprint density at radius 2 is 1.62 bits per heavy atom. The summed E-state index contributed by atoms with van der Waals surface area (Å²) < 4.78 is 0. The van der Waals surface area contributed by atoms with Gasteiger partial charge in [0.25, 0.3) is 0 Å². The van der Waals surface area contributed by atoms with Crippen LogP contribution in [0.15, 0.2) is 0 Å². The average molecular weight is 315 g/mol. The summed E-state index contributed by atoms with van der Waals surface area (Å²) in [6.45, 7) is 0. The molecule has 0 unspecified atom stereocenters. The van der Waals surface area contributed by atoms with Crippen LogP contribution in [-0.2, 0) is 33.7 Å². The predicted octanol–water partition coefficient (Wildman–Crippen LogP) is -0.227. The molecule has 7 heteroatoms. The Labute approximate surface area is 65.1 Å². The minimum absolute atomic E-state index is 0. The van der Waals surface area contributed by atoms with E-state index in [4.69, 9.17) is 20.6 Å². The van der Waals surface area contributed by atoms with Crippen LogP contribution < -0.4 is 0 Å². The summed E-state index contributed by atoms with van der Waals surface area (Å²) in [5, 5.41) is 23.2. The number of nitriles is 1. The van der Waals surface area contributed by atoms with Gasteiger partial charge in [0.2, 0.25) is 0 Å². The largest absolute Gasteiger partial charge is 2.00 e. The monoisotopic (exact) mass is 315 g/mol. The summed E-state index contributed by atoms with van der Waals surface area (Å²) in [7, 11) is 0. The topological polar surface area (TPSA) is 90.0 Å². The molecule has 0 saturated carbocycles. The molecule has 48 valence electrons. The standard InChI is InChI=1S/CHNS.NO3.Pt/c2-1-3;2-1(3)4;/h3H;;/q;-1;+2/p-1. The minimum Gasteiger partial charge on any atom is -0.696 e. The Bertz CT molecular complexity index is 85.8. The maximum Gasteiger partial charge on any atom is 2.00 e. The van der Waals surface area contributed by atoms with E-state index >= 15 is 0 Å². The predicted molar refractivity (Wildman–Crippen MR) is 23.3 cm³/mol. The molecular formula is CN2O3PtS. The quantitative estimate of drug-likeness (QED) is 0.267. The zero-order valence-electron chi connectivity index (χ0n) is 3.34. The molecule has 0 atom stereocenters. The summed E-state index contributed by atoms with van der Waals surface area (Å²) in [4.78, 5) is 8.25. The maximum absolute atomic E-state index is 8.25. The van der Waals surface area contributed by atoms with Gasteiger partial charge in [0, 0.05) is 0 Å². The molecule has 0 aromatic carbocycles. The van der Waals surface area contributed by atoms with Crippen molar-refractivity contribution in [3.63, 3.8) is 0 Å². The molecule has 0 heterocycles. The van der Waals surface area contributed by atoms with Gasteiger partial charge < -0.3 is 28.0 Å². The molecule has 0 fully saturated rings. The van der Waals surface area contributed by atoms with Gasteiger partial charge in [0.05, 0.1) is 5.09 Å². The third-order valence-corrected chi connectivity index (χ3v) is 0. The first kappa shape index (κ1) is 15.6. The van der Waals surface area contributed by atoms with Gasteiger partial charge in [0.1, 0.15) is 0 Å². The molecule has 0 aromatic heterocycles. The van der Waals surface area contributed by atoms with Gasteiger partial charge in [-0.1, -0.05) is 5.40 Å². The van der Waals surface area contributed by atoms with Crippen molar-refractivity contribution in [1.82, 2.24) is 0 Å². The van der Waals surface area contributed by atoms with Crippen LogP contribution in [0.2, 0.25) is 0 Å². The Morgan fingerprint density at radius 3 is 1.62 bits per heavy atom. The van der Waals surface area contributed by atoms with Crippen molar-refractivity contribution in [1.29, 1.82) is 5.26 Å². The van der Waals surface area contributed by atoms with Gasteiger partial charge in [0.15, 0.2) is 0 Å². The van der Waals surface area contributed by atoms with E-state index in [0.29, 0.717) is 0 Å². The first-order valence-electron chi connectivity index (χ1n) is 0.975. The summed E-state index contributed by atoms with van der Waals surface area (Å²) >= 11 is 3.70. The van der Waals surface area contributed by atoms with Crippen LogP contribution >= 0.6 is 0 Å². The summed E-state index contributed by atoms with van der Waals surface area (Å²) in [5.74, 6) is 0. The van der Waals surface area contributed by atoms with E-state index in [1.807, 2.05) is 0 Å². The van der Waals surface area contributed by atoms with E-state index in [-0.39, 0.29) is 21.1 Å². The van der Waals surface area contributed by atoms with Gasteiger partial charge in [-0.3, -0.25) is 0 Å². The molecule has 0 bridgehead atoms. The second-order valence-corrected chi connectivity index (χ2v) is 0.497. The van der Waals surface area contributed by atoms with Crippen LogP contribution in [-0.4, -0.2) is 5.09 Å². The molecule has 0 aliphatic heterocycles. The van der Waals surface area contributed by atoms with Crippen molar-refractivity contribution in [3.05, 3.63) is 15.3 Å². The first-order chi connectivity index (χ1) is 3.15. The van der Waals surface area contributed by atoms with Crippen molar-refractivity contribution < 1.29 is 26.2 Å². The van der Waals surface area contributed by atoms with Gasteiger partial charge in [-0.2, -0.15) is 0 Å². The van der Waals surface area contributed by atoms with Crippen molar-refractivity contribution in [2.24, 2.45) is 0 Å². The minimum atomic E-state index is -1.75. The van der Waals surface area contributed by atoms with Gasteiger partial charge in [-0.25, -0.2) is 5.26 Å². The Balaban J connectivity index is -0.0000000575. The maximum atomic E-state index is 8.25. The zero-order chi connectivity index (χ0) is 6.28. The van der Waals surface area contributed by atoms with E-state index in [1.165, 1.54) is 5.40 Å². The fourth-order valence-corrected chi connectivity index (χ4v) is 0.